The van der Waals surface area contributed by atoms with Gasteiger partial charge < -0.3 is 4.74 Å². The molecule has 0 bridgehead atoms. The second kappa shape index (κ2) is 5.43. The highest BCUT2D eigenvalue weighted by atomic mass is 16.5. The molecule has 26 heavy (non-hydrogen) atoms. The Labute approximate surface area is 152 Å². The highest BCUT2D eigenvalue weighted by Gasteiger charge is 2.53. The van der Waals surface area contributed by atoms with Gasteiger partial charge in [-0.2, -0.15) is 0 Å². The van der Waals surface area contributed by atoms with Gasteiger partial charge in [-0.1, -0.05) is 66.7 Å². The molecule has 0 fully saturated rings. The van der Waals surface area contributed by atoms with Gasteiger partial charge in [-0.15, -0.1) is 6.58 Å². The SMILES string of the molecule is C=CC1COc2ccc3ccccc3c2C12C(=O)C=Cc1ccccc12. The topological polar surface area (TPSA) is 26.3 Å². The van der Waals surface area contributed by atoms with Gasteiger partial charge in [-0.25, -0.2) is 0 Å². The second-order valence-corrected chi connectivity index (χ2v) is 6.91. The summed E-state index contributed by atoms with van der Waals surface area (Å²) < 4.78 is 6.08. The fraction of sp³-hybridized carbons (Fsp3) is 0.125. The van der Waals surface area contributed by atoms with Crippen molar-refractivity contribution in [1.29, 1.82) is 0 Å². The molecule has 2 nitrogen and oxygen atoms in total. The van der Waals surface area contributed by atoms with Crippen molar-refractivity contribution in [3.05, 3.63) is 96.1 Å². The normalized spacial score (nSPS) is 23.4. The minimum Gasteiger partial charge on any atom is -0.493 e. The van der Waals surface area contributed by atoms with Crippen molar-refractivity contribution < 1.29 is 9.53 Å². The van der Waals surface area contributed by atoms with Crippen LogP contribution in [0, 0.1) is 5.92 Å². The van der Waals surface area contributed by atoms with Gasteiger partial charge in [0.2, 0.25) is 0 Å². The van der Waals surface area contributed by atoms with Gasteiger partial charge in [-0.3, -0.25) is 4.79 Å². The molecule has 2 atom stereocenters. The van der Waals surface area contributed by atoms with Crippen molar-refractivity contribution >= 4 is 22.6 Å². The van der Waals surface area contributed by atoms with Gasteiger partial charge in [0, 0.05) is 11.5 Å². The molecule has 0 amide bonds. The lowest BCUT2D eigenvalue weighted by molar-refractivity contribution is -0.120. The summed E-state index contributed by atoms with van der Waals surface area (Å²) in [7, 11) is 0. The van der Waals surface area contributed by atoms with Crippen molar-refractivity contribution in [3.8, 4) is 5.75 Å². The number of ether oxygens (including phenoxy) is 1. The van der Waals surface area contributed by atoms with Gasteiger partial charge in [0.25, 0.3) is 0 Å². The highest BCUT2D eigenvalue weighted by Crippen LogP contribution is 2.53. The van der Waals surface area contributed by atoms with Crippen molar-refractivity contribution in [2.75, 3.05) is 6.61 Å². The fourth-order valence-corrected chi connectivity index (χ4v) is 4.58. The lowest BCUT2D eigenvalue weighted by atomic mass is 9.58. The molecule has 3 aromatic rings. The third kappa shape index (κ3) is 1.79. The summed E-state index contributed by atoms with van der Waals surface area (Å²) in [5, 5.41) is 2.17. The zero-order valence-electron chi connectivity index (χ0n) is 14.3. The Balaban J connectivity index is 1.98. The standard InChI is InChI=1S/C24H18O2/c1-2-18-15-26-21-13-11-16-7-3-5-9-19(16)23(21)24(18)20-10-6-4-8-17(20)12-14-22(24)25/h2-14,18H,1,15H2. The van der Waals surface area contributed by atoms with E-state index in [2.05, 4.69) is 36.9 Å². The highest BCUT2D eigenvalue weighted by molar-refractivity contribution is 6.11. The number of allylic oxidation sites excluding steroid dienone is 1. The number of hydrogen-bond acceptors (Lipinski definition) is 2. The summed E-state index contributed by atoms with van der Waals surface area (Å²) in [5.74, 6) is 0.765. The molecular formula is C24H18O2. The number of ketones is 1. The summed E-state index contributed by atoms with van der Waals surface area (Å²) in [4.78, 5) is 13.5. The summed E-state index contributed by atoms with van der Waals surface area (Å²) in [6.07, 6.45) is 5.51. The molecule has 2 aliphatic rings. The van der Waals surface area contributed by atoms with Gasteiger partial charge in [0.15, 0.2) is 5.78 Å². The molecule has 1 heterocycles. The van der Waals surface area contributed by atoms with Crippen LogP contribution < -0.4 is 4.74 Å². The number of fused-ring (bicyclic) bond motifs is 6. The van der Waals surface area contributed by atoms with Gasteiger partial charge in [-0.05, 0) is 34.0 Å². The first-order valence-corrected chi connectivity index (χ1v) is 8.86. The van der Waals surface area contributed by atoms with E-state index in [1.807, 2.05) is 42.5 Å². The summed E-state index contributed by atoms with van der Waals surface area (Å²) >= 11 is 0. The van der Waals surface area contributed by atoms with Crippen LogP contribution in [0.2, 0.25) is 0 Å². The van der Waals surface area contributed by atoms with Crippen LogP contribution in [-0.4, -0.2) is 12.4 Å². The van der Waals surface area contributed by atoms with Crippen LogP contribution in [0.1, 0.15) is 16.7 Å². The number of carbonyl (C=O) groups excluding carboxylic acids is 1. The number of benzene rings is 3. The average molecular weight is 338 g/mol. The smallest absolute Gasteiger partial charge is 0.171 e. The Morgan fingerprint density at radius 1 is 1.00 bits per heavy atom. The molecule has 1 aliphatic carbocycles. The van der Waals surface area contributed by atoms with Crippen LogP contribution in [0.4, 0.5) is 0 Å². The Hall–Kier alpha value is -3.13. The largest absolute Gasteiger partial charge is 0.493 e. The molecule has 0 saturated heterocycles. The average Bonchev–Trinajstić information content (AvgIpc) is 2.70. The van der Waals surface area contributed by atoms with E-state index in [-0.39, 0.29) is 11.7 Å². The maximum absolute atomic E-state index is 13.5. The predicted octanol–water partition coefficient (Wildman–Crippen LogP) is 4.92. The lowest BCUT2D eigenvalue weighted by Crippen LogP contribution is -2.49. The van der Waals surface area contributed by atoms with Crippen molar-refractivity contribution in [2.24, 2.45) is 5.92 Å². The monoisotopic (exact) mass is 338 g/mol. The molecule has 2 heteroatoms. The second-order valence-electron chi connectivity index (χ2n) is 6.91. The molecule has 0 saturated carbocycles. The molecule has 126 valence electrons. The Morgan fingerprint density at radius 3 is 2.69 bits per heavy atom. The maximum Gasteiger partial charge on any atom is 0.171 e. The Bertz CT molecular complexity index is 1090. The zero-order chi connectivity index (χ0) is 17.7. The van der Waals surface area contributed by atoms with Gasteiger partial charge in [0.05, 0.1) is 12.0 Å². The first-order valence-electron chi connectivity index (χ1n) is 8.86. The summed E-state index contributed by atoms with van der Waals surface area (Å²) in [6.45, 7) is 4.49. The molecular weight excluding hydrogens is 320 g/mol. The first kappa shape index (κ1) is 15.2. The van der Waals surface area contributed by atoms with Crippen LogP contribution in [-0.2, 0) is 10.2 Å². The van der Waals surface area contributed by atoms with E-state index in [0.717, 1.165) is 33.2 Å². The minimum absolute atomic E-state index is 0.0991. The van der Waals surface area contributed by atoms with Crippen LogP contribution in [0.15, 0.2) is 79.4 Å². The van der Waals surface area contributed by atoms with Crippen molar-refractivity contribution in [3.63, 3.8) is 0 Å². The molecule has 0 N–H and O–H groups in total. The third-order valence-electron chi connectivity index (χ3n) is 5.73. The minimum atomic E-state index is -0.790. The predicted molar refractivity (Wildman–Crippen MR) is 104 cm³/mol. The van der Waals surface area contributed by atoms with Crippen LogP contribution >= 0.6 is 0 Å². The fourth-order valence-electron chi connectivity index (χ4n) is 4.58. The first-order chi connectivity index (χ1) is 12.8. The summed E-state index contributed by atoms with van der Waals surface area (Å²) in [5.41, 5.74) is 2.30. The summed E-state index contributed by atoms with van der Waals surface area (Å²) in [6, 6.07) is 20.4. The van der Waals surface area contributed by atoms with E-state index in [9.17, 15) is 4.79 Å². The maximum atomic E-state index is 13.5. The van der Waals surface area contributed by atoms with Crippen LogP contribution in [0.5, 0.6) is 5.75 Å². The van der Waals surface area contributed by atoms with E-state index >= 15 is 0 Å². The third-order valence-corrected chi connectivity index (χ3v) is 5.73. The zero-order valence-corrected chi connectivity index (χ0v) is 14.3. The Morgan fingerprint density at radius 2 is 1.81 bits per heavy atom. The van der Waals surface area contributed by atoms with Crippen molar-refractivity contribution in [2.45, 2.75) is 5.41 Å². The molecule has 1 spiro atoms. The van der Waals surface area contributed by atoms with E-state index in [1.54, 1.807) is 6.08 Å². The molecule has 2 unspecified atom stereocenters. The van der Waals surface area contributed by atoms with Crippen molar-refractivity contribution in [1.82, 2.24) is 0 Å². The number of hydrogen-bond donors (Lipinski definition) is 0. The molecule has 0 radical (unpaired) electrons. The number of carbonyl (C=O) groups is 1. The van der Waals surface area contributed by atoms with Crippen LogP contribution in [0.25, 0.3) is 16.8 Å². The van der Waals surface area contributed by atoms with Gasteiger partial charge >= 0.3 is 0 Å². The Kier molecular flexibility index (Phi) is 3.17. The quantitative estimate of drug-likeness (QED) is 0.589. The molecule has 3 aromatic carbocycles. The molecule has 5 rings (SSSR count). The van der Waals surface area contributed by atoms with E-state index in [1.165, 1.54) is 0 Å². The van der Waals surface area contributed by atoms with Gasteiger partial charge in [0.1, 0.15) is 5.75 Å². The molecule has 1 aliphatic heterocycles. The van der Waals surface area contributed by atoms with E-state index in [0.29, 0.717) is 6.61 Å². The number of rotatable bonds is 1. The van der Waals surface area contributed by atoms with Crippen LogP contribution in [0.3, 0.4) is 0 Å². The lowest BCUT2D eigenvalue weighted by Gasteiger charge is -2.45. The van der Waals surface area contributed by atoms with E-state index in [4.69, 9.17) is 4.74 Å². The van der Waals surface area contributed by atoms with E-state index < -0.39 is 5.41 Å². The molecule has 0 aromatic heterocycles.